The van der Waals surface area contributed by atoms with E-state index in [1.54, 1.807) is 0 Å². The van der Waals surface area contributed by atoms with Crippen LogP contribution in [0.25, 0.3) is 0 Å². The van der Waals surface area contributed by atoms with Gasteiger partial charge in [0, 0.05) is 30.7 Å². The number of rotatable bonds is 7. The van der Waals surface area contributed by atoms with E-state index in [1.807, 2.05) is 0 Å². The minimum absolute atomic E-state index is 0.0840. The van der Waals surface area contributed by atoms with E-state index in [2.05, 4.69) is 79.6 Å². The number of halogens is 1. The zero-order valence-corrected chi connectivity index (χ0v) is 19.9. The van der Waals surface area contributed by atoms with Crippen LogP contribution < -0.4 is 5.32 Å². The Balaban J connectivity index is 1.26. The summed E-state index contributed by atoms with van der Waals surface area (Å²) in [6, 6.07) is 17.2. The Hall–Kier alpha value is -1.69. The average molecular weight is 484 g/mol. The number of carbonyl (C=O) groups is 1. The van der Waals surface area contributed by atoms with Gasteiger partial charge in [-0.1, -0.05) is 58.7 Å². The first-order valence-electron chi connectivity index (χ1n) is 11.7. The number of benzene rings is 2. The lowest BCUT2D eigenvalue weighted by molar-refractivity contribution is -0.126. The van der Waals surface area contributed by atoms with Crippen molar-refractivity contribution >= 4 is 21.8 Å². The van der Waals surface area contributed by atoms with Gasteiger partial charge in [-0.05, 0) is 74.1 Å². The van der Waals surface area contributed by atoms with Crippen LogP contribution in [0.3, 0.4) is 0 Å². The first-order chi connectivity index (χ1) is 15.2. The summed E-state index contributed by atoms with van der Waals surface area (Å²) in [5.74, 6) is 0.280. The normalized spacial score (nSPS) is 20.5. The summed E-state index contributed by atoms with van der Waals surface area (Å²) in [4.78, 5) is 17.8. The maximum atomic E-state index is 12.9. The molecule has 0 radical (unpaired) electrons. The molecule has 1 atom stereocenters. The summed E-state index contributed by atoms with van der Waals surface area (Å²) in [6.45, 7) is 6.88. The second-order valence-corrected chi connectivity index (χ2v) is 9.99. The second kappa shape index (κ2) is 11.3. The molecule has 1 unspecified atom stereocenters. The molecule has 0 aliphatic carbocycles. The van der Waals surface area contributed by atoms with E-state index in [4.69, 9.17) is 0 Å². The molecular formula is C26H34BrN3O. The zero-order valence-electron chi connectivity index (χ0n) is 18.4. The Morgan fingerprint density at radius 3 is 2.39 bits per heavy atom. The van der Waals surface area contributed by atoms with E-state index in [1.165, 1.54) is 49.0 Å². The van der Waals surface area contributed by atoms with Gasteiger partial charge in [0.1, 0.15) is 0 Å². The smallest absolute Gasteiger partial charge is 0.224 e. The van der Waals surface area contributed by atoms with Crippen molar-refractivity contribution in [2.24, 2.45) is 5.92 Å². The fraction of sp³-hybridized carbons (Fsp3) is 0.500. The summed E-state index contributed by atoms with van der Waals surface area (Å²) in [5, 5.41) is 3.21. The van der Waals surface area contributed by atoms with E-state index in [0.29, 0.717) is 6.54 Å². The highest BCUT2D eigenvalue weighted by Crippen LogP contribution is 2.20. The maximum absolute atomic E-state index is 12.9. The highest BCUT2D eigenvalue weighted by atomic mass is 79.9. The van der Waals surface area contributed by atoms with Gasteiger partial charge in [0.05, 0.1) is 5.92 Å². The minimum Gasteiger partial charge on any atom is -0.352 e. The van der Waals surface area contributed by atoms with Gasteiger partial charge in [0.25, 0.3) is 0 Å². The summed E-state index contributed by atoms with van der Waals surface area (Å²) in [5.41, 5.74) is 3.85. The van der Waals surface area contributed by atoms with Crippen LogP contribution in [0.2, 0.25) is 0 Å². The number of likely N-dealkylation sites (tertiary alicyclic amines) is 2. The van der Waals surface area contributed by atoms with Crippen LogP contribution in [-0.4, -0.2) is 41.9 Å². The molecule has 2 aromatic carbocycles. The molecule has 2 heterocycles. The van der Waals surface area contributed by atoms with Crippen molar-refractivity contribution < 1.29 is 4.79 Å². The first kappa shape index (κ1) is 22.5. The summed E-state index contributed by atoms with van der Waals surface area (Å²) in [6.07, 6.45) is 6.06. The van der Waals surface area contributed by atoms with Crippen molar-refractivity contribution in [2.75, 3.05) is 26.2 Å². The lowest BCUT2D eigenvalue weighted by Crippen LogP contribution is -2.42. The molecule has 4 rings (SSSR count). The lowest BCUT2D eigenvalue weighted by Gasteiger charge is -2.32. The van der Waals surface area contributed by atoms with Crippen molar-refractivity contribution in [1.82, 2.24) is 15.1 Å². The number of carbonyl (C=O) groups excluding carboxylic acids is 1. The average Bonchev–Trinajstić information content (AvgIpc) is 2.80. The van der Waals surface area contributed by atoms with Crippen molar-refractivity contribution in [1.29, 1.82) is 0 Å². The monoisotopic (exact) mass is 483 g/mol. The maximum Gasteiger partial charge on any atom is 0.224 e. The van der Waals surface area contributed by atoms with Crippen LogP contribution >= 0.6 is 15.9 Å². The van der Waals surface area contributed by atoms with Crippen molar-refractivity contribution in [3.05, 3.63) is 69.7 Å². The van der Waals surface area contributed by atoms with E-state index in [9.17, 15) is 4.79 Å². The Bertz CT molecular complexity index is 848. The van der Waals surface area contributed by atoms with Crippen molar-refractivity contribution in [2.45, 2.75) is 51.7 Å². The van der Waals surface area contributed by atoms with Crippen LogP contribution in [-0.2, 0) is 24.4 Å². The molecule has 0 saturated carbocycles. The fourth-order valence-corrected chi connectivity index (χ4v) is 5.07. The molecule has 2 saturated heterocycles. The first-order valence-corrected chi connectivity index (χ1v) is 12.5. The van der Waals surface area contributed by atoms with Crippen LogP contribution in [0.5, 0.6) is 0 Å². The van der Waals surface area contributed by atoms with Crippen molar-refractivity contribution in [3.63, 3.8) is 0 Å². The van der Waals surface area contributed by atoms with Gasteiger partial charge >= 0.3 is 0 Å². The molecule has 0 aromatic heterocycles. The van der Waals surface area contributed by atoms with Gasteiger partial charge < -0.3 is 5.32 Å². The Morgan fingerprint density at radius 1 is 0.871 bits per heavy atom. The molecule has 2 aromatic rings. The van der Waals surface area contributed by atoms with E-state index in [-0.39, 0.29) is 11.8 Å². The highest BCUT2D eigenvalue weighted by molar-refractivity contribution is 9.10. The van der Waals surface area contributed by atoms with Crippen LogP contribution in [0.1, 0.15) is 48.8 Å². The molecule has 166 valence electrons. The van der Waals surface area contributed by atoms with Gasteiger partial charge in [-0.3, -0.25) is 14.6 Å². The SMILES string of the molecule is O=C(NCc1cccc(CN2CCCCC2)c1)C1CCCN(Cc2ccc(Br)cc2)C1. The molecule has 1 N–H and O–H groups in total. The predicted molar refractivity (Wildman–Crippen MR) is 130 cm³/mol. The largest absolute Gasteiger partial charge is 0.352 e. The molecule has 2 aliphatic rings. The van der Waals surface area contributed by atoms with Gasteiger partial charge in [-0.25, -0.2) is 0 Å². The number of hydrogen-bond acceptors (Lipinski definition) is 3. The number of nitrogens with one attached hydrogen (secondary N) is 1. The summed E-state index contributed by atoms with van der Waals surface area (Å²) >= 11 is 3.50. The third kappa shape index (κ3) is 6.90. The Kier molecular flexibility index (Phi) is 8.17. The number of hydrogen-bond donors (Lipinski definition) is 1. The quantitative estimate of drug-likeness (QED) is 0.603. The number of piperidine rings is 2. The van der Waals surface area contributed by atoms with Gasteiger partial charge in [-0.15, -0.1) is 0 Å². The second-order valence-electron chi connectivity index (χ2n) is 9.08. The molecule has 5 heteroatoms. The van der Waals surface area contributed by atoms with Crippen LogP contribution in [0, 0.1) is 5.92 Å². The lowest BCUT2D eigenvalue weighted by atomic mass is 9.96. The Labute approximate surface area is 195 Å². The highest BCUT2D eigenvalue weighted by Gasteiger charge is 2.25. The predicted octanol–water partition coefficient (Wildman–Crippen LogP) is 4.96. The van der Waals surface area contributed by atoms with E-state index >= 15 is 0 Å². The molecule has 1 amide bonds. The minimum atomic E-state index is 0.0840. The van der Waals surface area contributed by atoms with E-state index < -0.39 is 0 Å². The molecule has 4 nitrogen and oxygen atoms in total. The van der Waals surface area contributed by atoms with E-state index in [0.717, 1.165) is 43.5 Å². The third-order valence-corrected chi connectivity index (χ3v) is 7.04. The molecular weight excluding hydrogens is 450 g/mol. The Morgan fingerprint density at radius 2 is 1.58 bits per heavy atom. The number of amides is 1. The fourth-order valence-electron chi connectivity index (χ4n) is 4.81. The molecule has 0 spiro atoms. The zero-order chi connectivity index (χ0) is 21.5. The van der Waals surface area contributed by atoms with Crippen molar-refractivity contribution in [3.8, 4) is 0 Å². The van der Waals surface area contributed by atoms with Crippen LogP contribution in [0.15, 0.2) is 53.0 Å². The summed E-state index contributed by atoms with van der Waals surface area (Å²) < 4.78 is 1.10. The number of nitrogens with zero attached hydrogens (tertiary/aromatic N) is 2. The molecule has 2 fully saturated rings. The van der Waals surface area contributed by atoms with Crippen LogP contribution in [0.4, 0.5) is 0 Å². The van der Waals surface area contributed by atoms with Gasteiger partial charge in [0.2, 0.25) is 5.91 Å². The molecule has 0 bridgehead atoms. The molecule has 2 aliphatic heterocycles. The third-order valence-electron chi connectivity index (χ3n) is 6.51. The van der Waals surface area contributed by atoms with Gasteiger partial charge in [0.15, 0.2) is 0 Å². The molecule has 31 heavy (non-hydrogen) atoms. The van der Waals surface area contributed by atoms with Gasteiger partial charge in [-0.2, -0.15) is 0 Å². The summed E-state index contributed by atoms with van der Waals surface area (Å²) in [7, 11) is 0. The topological polar surface area (TPSA) is 35.6 Å². The standard InChI is InChI=1S/C26H34BrN3O/c27-25-11-9-21(10-12-25)18-30-15-5-8-24(20-30)26(31)28-17-22-6-4-7-23(16-22)19-29-13-2-1-3-14-29/h4,6-7,9-12,16,24H,1-3,5,8,13-15,17-20H2,(H,28,31).